The van der Waals surface area contributed by atoms with Crippen LogP contribution in [-0.2, 0) is 0 Å². The molecule has 4 aromatic rings. The Hall–Kier alpha value is -3.56. The highest BCUT2D eigenvalue weighted by Gasteiger charge is 2.28. The van der Waals surface area contributed by atoms with Crippen molar-refractivity contribution < 1.29 is 9.68 Å². The minimum atomic E-state index is -1.13. The quantitative estimate of drug-likeness (QED) is 0.343. The minimum absolute atomic E-state index is 0.619. The van der Waals surface area contributed by atoms with Gasteiger partial charge in [0.15, 0.2) is 0 Å². The molecule has 140 valence electrons. The highest BCUT2D eigenvalue weighted by Crippen LogP contribution is 2.34. The van der Waals surface area contributed by atoms with Crippen LogP contribution < -0.4 is 4.65 Å². The van der Waals surface area contributed by atoms with Crippen molar-refractivity contribution in [1.82, 2.24) is 0 Å². The van der Waals surface area contributed by atoms with Crippen molar-refractivity contribution in [2.75, 3.05) is 0 Å². The van der Waals surface area contributed by atoms with Crippen LogP contribution in [0, 0.1) is 0 Å². The molecule has 4 rings (SSSR count). The fourth-order valence-corrected chi connectivity index (χ4v) is 3.40. The molecule has 2 nitrogen and oxygen atoms in total. The topological polar surface area (TPSA) is 29.5 Å². The van der Waals surface area contributed by atoms with Crippen LogP contribution in [0.4, 0.5) is 0 Å². The first-order valence-electron chi connectivity index (χ1n) is 9.63. The van der Waals surface area contributed by atoms with E-state index in [4.69, 9.17) is 4.65 Å². The Bertz CT molecular complexity index is 1020. The first-order chi connectivity index (χ1) is 14.3. The van der Waals surface area contributed by atoms with Crippen LogP contribution in [0.3, 0.4) is 0 Å². The summed E-state index contributed by atoms with van der Waals surface area (Å²) in [7, 11) is -1.13. The van der Waals surface area contributed by atoms with Gasteiger partial charge in [0.25, 0.3) is 0 Å². The van der Waals surface area contributed by atoms with E-state index in [-0.39, 0.29) is 0 Å². The van der Waals surface area contributed by atoms with Crippen molar-refractivity contribution in [2.24, 2.45) is 0 Å². The zero-order valence-electron chi connectivity index (χ0n) is 16.0. The molecule has 4 aromatic carbocycles. The molecule has 29 heavy (non-hydrogen) atoms. The molecule has 0 aliphatic rings. The predicted molar refractivity (Wildman–Crippen MR) is 120 cm³/mol. The molecule has 0 heterocycles. The summed E-state index contributed by atoms with van der Waals surface area (Å²) in [6.07, 6.45) is 0. The average Bonchev–Trinajstić information content (AvgIpc) is 2.79. The summed E-state index contributed by atoms with van der Waals surface area (Å²) in [6, 6.07) is 39.5. The molecule has 0 aromatic heterocycles. The summed E-state index contributed by atoms with van der Waals surface area (Å²) in [5.74, 6) is 0.619. The average molecular weight is 376 g/mol. The van der Waals surface area contributed by atoms with Gasteiger partial charge >= 0.3 is 7.12 Å². The van der Waals surface area contributed by atoms with Gasteiger partial charge in [-0.2, -0.15) is 0 Å². The highest BCUT2D eigenvalue weighted by atomic mass is 16.5. The van der Waals surface area contributed by atoms with E-state index in [2.05, 4.69) is 24.3 Å². The van der Waals surface area contributed by atoms with Crippen molar-refractivity contribution >= 4 is 18.2 Å². The van der Waals surface area contributed by atoms with Crippen LogP contribution in [0.25, 0.3) is 11.0 Å². The Morgan fingerprint density at radius 1 is 0.517 bits per heavy atom. The molecule has 0 atom stereocenters. The lowest BCUT2D eigenvalue weighted by molar-refractivity contribution is 0.434. The van der Waals surface area contributed by atoms with Gasteiger partial charge in [-0.15, -0.1) is 0 Å². The van der Waals surface area contributed by atoms with Crippen LogP contribution in [-0.4, -0.2) is 12.1 Å². The van der Waals surface area contributed by atoms with Crippen molar-refractivity contribution in [2.45, 2.75) is 0 Å². The maximum Gasteiger partial charge on any atom is 0.561 e. The van der Waals surface area contributed by atoms with Gasteiger partial charge in [-0.1, -0.05) is 109 Å². The van der Waals surface area contributed by atoms with E-state index in [0.717, 1.165) is 27.7 Å². The SMILES string of the molecule is OB(Oc1ccccc1)C(=C(c1ccccc1)c1ccccc1)c1ccccc1. The second-order valence-corrected chi connectivity index (χ2v) is 6.67. The Labute approximate surface area is 171 Å². The molecule has 1 N–H and O–H groups in total. The normalized spacial score (nSPS) is 10.2. The monoisotopic (exact) mass is 376 g/mol. The number of rotatable bonds is 6. The Morgan fingerprint density at radius 3 is 1.34 bits per heavy atom. The van der Waals surface area contributed by atoms with E-state index >= 15 is 0 Å². The van der Waals surface area contributed by atoms with Gasteiger partial charge in [-0.05, 0) is 34.4 Å². The smallest absolute Gasteiger partial charge is 0.532 e. The van der Waals surface area contributed by atoms with E-state index in [1.165, 1.54) is 0 Å². The maximum atomic E-state index is 11.2. The fraction of sp³-hybridized carbons (Fsp3) is 0. The lowest BCUT2D eigenvalue weighted by Crippen LogP contribution is -2.25. The van der Waals surface area contributed by atoms with Gasteiger partial charge in [-0.3, -0.25) is 0 Å². The summed E-state index contributed by atoms with van der Waals surface area (Å²) in [5, 5.41) is 11.2. The molecular formula is C26H21BO2. The molecule has 0 aliphatic carbocycles. The molecule has 3 heteroatoms. The molecule has 0 amide bonds. The van der Waals surface area contributed by atoms with E-state index in [1.807, 2.05) is 97.1 Å². The number of benzene rings is 4. The van der Waals surface area contributed by atoms with Crippen molar-refractivity contribution in [1.29, 1.82) is 0 Å². The first kappa shape index (κ1) is 18.8. The van der Waals surface area contributed by atoms with E-state index in [1.54, 1.807) is 0 Å². The number of para-hydroxylation sites is 1. The second-order valence-electron chi connectivity index (χ2n) is 6.67. The summed E-state index contributed by atoms with van der Waals surface area (Å²) >= 11 is 0. The molecule has 0 bridgehead atoms. The number of hydrogen-bond donors (Lipinski definition) is 1. The van der Waals surface area contributed by atoms with Gasteiger partial charge in [-0.25, -0.2) is 0 Å². The predicted octanol–water partition coefficient (Wildman–Crippen LogP) is 5.74. The number of hydrogen-bond acceptors (Lipinski definition) is 2. The van der Waals surface area contributed by atoms with Gasteiger partial charge in [0, 0.05) is 5.47 Å². The van der Waals surface area contributed by atoms with Crippen LogP contribution in [0.2, 0.25) is 0 Å². The zero-order valence-corrected chi connectivity index (χ0v) is 16.0. The van der Waals surface area contributed by atoms with Crippen molar-refractivity contribution in [3.63, 3.8) is 0 Å². The summed E-state index contributed by atoms with van der Waals surface area (Å²) < 4.78 is 5.95. The van der Waals surface area contributed by atoms with Gasteiger partial charge in [0.1, 0.15) is 5.75 Å². The third-order valence-electron chi connectivity index (χ3n) is 4.72. The first-order valence-corrected chi connectivity index (χ1v) is 9.63. The van der Waals surface area contributed by atoms with Crippen LogP contribution >= 0.6 is 0 Å². The van der Waals surface area contributed by atoms with Gasteiger partial charge in [0.2, 0.25) is 0 Å². The molecule has 0 fully saturated rings. The molecule has 0 saturated carbocycles. The van der Waals surface area contributed by atoms with E-state index < -0.39 is 7.12 Å². The molecule has 0 unspecified atom stereocenters. The van der Waals surface area contributed by atoms with Crippen LogP contribution in [0.15, 0.2) is 121 Å². The molecular weight excluding hydrogens is 355 g/mol. The Morgan fingerprint density at radius 2 is 0.897 bits per heavy atom. The second kappa shape index (κ2) is 9.09. The molecule has 0 saturated heterocycles. The maximum absolute atomic E-state index is 11.2. The lowest BCUT2D eigenvalue weighted by Gasteiger charge is -2.20. The van der Waals surface area contributed by atoms with Crippen LogP contribution in [0.1, 0.15) is 16.7 Å². The van der Waals surface area contributed by atoms with Gasteiger partial charge < -0.3 is 9.68 Å². The Balaban J connectivity index is 1.93. The molecule has 0 radical (unpaired) electrons. The standard InChI is InChI=1S/C26H21BO2/c28-27(29-24-19-11-4-12-20-24)26(23-17-9-3-10-18-23)25(21-13-5-1-6-14-21)22-15-7-2-8-16-22/h1-20,28H. The van der Waals surface area contributed by atoms with Crippen molar-refractivity contribution in [3.05, 3.63) is 138 Å². The fourth-order valence-electron chi connectivity index (χ4n) is 3.40. The molecule has 0 spiro atoms. The van der Waals surface area contributed by atoms with Crippen LogP contribution in [0.5, 0.6) is 5.75 Å². The summed E-state index contributed by atoms with van der Waals surface area (Å²) in [6.45, 7) is 0. The third-order valence-corrected chi connectivity index (χ3v) is 4.72. The van der Waals surface area contributed by atoms with Gasteiger partial charge in [0.05, 0.1) is 0 Å². The minimum Gasteiger partial charge on any atom is -0.532 e. The third kappa shape index (κ3) is 4.48. The highest BCUT2D eigenvalue weighted by molar-refractivity contribution is 6.70. The lowest BCUT2D eigenvalue weighted by atomic mass is 9.69. The summed E-state index contributed by atoms with van der Waals surface area (Å²) in [4.78, 5) is 0. The largest absolute Gasteiger partial charge is 0.561 e. The van der Waals surface area contributed by atoms with E-state index in [0.29, 0.717) is 5.75 Å². The van der Waals surface area contributed by atoms with Crippen molar-refractivity contribution in [3.8, 4) is 5.75 Å². The summed E-state index contributed by atoms with van der Waals surface area (Å²) in [5.41, 5.74) is 4.63. The zero-order chi connectivity index (χ0) is 19.9. The molecule has 0 aliphatic heterocycles. The van der Waals surface area contributed by atoms with E-state index in [9.17, 15) is 5.02 Å². The Kier molecular flexibility index (Phi) is 5.89.